The van der Waals surface area contributed by atoms with Gasteiger partial charge in [0.25, 0.3) is 0 Å². The van der Waals surface area contributed by atoms with E-state index in [1.54, 1.807) is 36.7 Å². The Hall–Kier alpha value is -3.47. The van der Waals surface area contributed by atoms with Crippen molar-refractivity contribution < 1.29 is 14.4 Å². The molecular formula is C23H22N2O3. The number of carbonyl (C=O) groups excluding carboxylic acids is 1. The van der Waals surface area contributed by atoms with Crippen LogP contribution in [-0.4, -0.2) is 23.3 Å². The van der Waals surface area contributed by atoms with Crippen molar-refractivity contribution in [1.29, 1.82) is 0 Å². The van der Waals surface area contributed by atoms with Crippen LogP contribution in [0.4, 0.5) is 0 Å². The largest absolute Gasteiger partial charge is 0.494 e. The molecule has 0 radical (unpaired) electrons. The topological polar surface area (TPSA) is 60.8 Å². The molecular weight excluding hydrogens is 352 g/mol. The lowest BCUT2D eigenvalue weighted by Crippen LogP contribution is -2.08. The van der Waals surface area contributed by atoms with Gasteiger partial charge in [-0.25, -0.2) is 4.79 Å². The summed E-state index contributed by atoms with van der Waals surface area (Å²) >= 11 is 0. The summed E-state index contributed by atoms with van der Waals surface area (Å²) in [6.45, 7) is 2.77. The van der Waals surface area contributed by atoms with Gasteiger partial charge < -0.3 is 9.57 Å². The van der Waals surface area contributed by atoms with Gasteiger partial charge in [-0.1, -0.05) is 48.8 Å². The van der Waals surface area contributed by atoms with Gasteiger partial charge in [0.1, 0.15) is 11.5 Å². The molecule has 0 aliphatic heterocycles. The second-order valence-corrected chi connectivity index (χ2v) is 6.15. The van der Waals surface area contributed by atoms with Crippen LogP contribution in [0.1, 0.15) is 41.3 Å². The molecule has 3 rings (SSSR count). The minimum Gasteiger partial charge on any atom is -0.494 e. The maximum Gasteiger partial charge on any atom is 0.365 e. The summed E-state index contributed by atoms with van der Waals surface area (Å²) in [6.07, 6.45) is 5.42. The quantitative estimate of drug-likeness (QED) is 0.244. The average Bonchev–Trinajstić information content (AvgIpc) is 2.76. The monoisotopic (exact) mass is 374 g/mol. The Balaban J connectivity index is 1.74. The lowest BCUT2D eigenvalue weighted by atomic mass is 10.0. The van der Waals surface area contributed by atoms with Crippen molar-refractivity contribution >= 4 is 11.7 Å². The highest BCUT2D eigenvalue weighted by molar-refractivity contribution is 6.12. The third kappa shape index (κ3) is 5.27. The van der Waals surface area contributed by atoms with E-state index in [9.17, 15) is 4.79 Å². The highest BCUT2D eigenvalue weighted by Crippen LogP contribution is 2.15. The van der Waals surface area contributed by atoms with Gasteiger partial charge in [-0.15, -0.1) is 0 Å². The van der Waals surface area contributed by atoms with Crippen molar-refractivity contribution in [3.05, 3.63) is 95.8 Å². The van der Waals surface area contributed by atoms with E-state index in [4.69, 9.17) is 9.57 Å². The highest BCUT2D eigenvalue weighted by Gasteiger charge is 2.11. The van der Waals surface area contributed by atoms with Crippen molar-refractivity contribution in [3.63, 3.8) is 0 Å². The second-order valence-electron chi connectivity index (χ2n) is 6.15. The first kappa shape index (κ1) is 19.3. The minimum absolute atomic E-state index is 0.411. The molecule has 142 valence electrons. The summed E-state index contributed by atoms with van der Waals surface area (Å²) in [5.41, 5.74) is 2.64. The first-order valence-corrected chi connectivity index (χ1v) is 9.26. The van der Waals surface area contributed by atoms with Gasteiger partial charge in [0.15, 0.2) is 0 Å². The second kappa shape index (κ2) is 10.0. The number of carbonyl (C=O) groups is 1. The minimum atomic E-state index is -0.525. The Morgan fingerprint density at radius 3 is 2.25 bits per heavy atom. The van der Waals surface area contributed by atoms with Crippen LogP contribution in [-0.2, 0) is 4.84 Å². The molecule has 2 aromatic carbocycles. The molecule has 0 atom stereocenters. The molecule has 5 heteroatoms. The van der Waals surface area contributed by atoms with E-state index in [1.165, 1.54) is 0 Å². The fraction of sp³-hybridized carbons (Fsp3) is 0.174. The zero-order valence-electron chi connectivity index (χ0n) is 15.7. The van der Waals surface area contributed by atoms with E-state index >= 15 is 0 Å². The number of pyridine rings is 1. The zero-order valence-corrected chi connectivity index (χ0v) is 15.7. The number of oxime groups is 1. The molecule has 28 heavy (non-hydrogen) atoms. The summed E-state index contributed by atoms with van der Waals surface area (Å²) in [4.78, 5) is 21.7. The van der Waals surface area contributed by atoms with Gasteiger partial charge in [-0.3, -0.25) is 4.98 Å². The van der Waals surface area contributed by atoms with Gasteiger partial charge >= 0.3 is 5.97 Å². The van der Waals surface area contributed by atoms with Crippen molar-refractivity contribution in [3.8, 4) is 5.75 Å². The van der Waals surface area contributed by atoms with E-state index in [0.29, 0.717) is 17.9 Å². The fourth-order valence-corrected chi connectivity index (χ4v) is 2.54. The van der Waals surface area contributed by atoms with E-state index in [2.05, 4.69) is 17.1 Å². The predicted molar refractivity (Wildman–Crippen MR) is 109 cm³/mol. The predicted octanol–water partition coefficient (Wildman–Crippen LogP) is 4.87. The summed E-state index contributed by atoms with van der Waals surface area (Å²) in [5, 5.41) is 4.13. The number of nitrogens with zero attached hydrogens (tertiary/aromatic N) is 2. The molecule has 0 spiro atoms. The molecule has 0 saturated carbocycles. The number of rotatable bonds is 8. The zero-order chi connectivity index (χ0) is 19.6. The molecule has 0 N–H and O–H groups in total. The summed E-state index contributed by atoms with van der Waals surface area (Å²) < 4.78 is 5.61. The van der Waals surface area contributed by atoms with Gasteiger partial charge in [-0.2, -0.15) is 0 Å². The molecule has 0 saturated heterocycles. The van der Waals surface area contributed by atoms with Gasteiger partial charge in [0.2, 0.25) is 0 Å². The SMILES string of the molecule is CCCCOc1ccc(C(=O)ON=C(c2ccccc2)c2ccncc2)cc1. The summed E-state index contributed by atoms with van der Waals surface area (Å²) in [5.74, 6) is 0.206. The maximum absolute atomic E-state index is 12.4. The van der Waals surface area contributed by atoms with Crippen LogP contribution in [0.2, 0.25) is 0 Å². The number of benzene rings is 2. The lowest BCUT2D eigenvalue weighted by molar-refractivity contribution is 0.0517. The molecule has 0 aliphatic rings. The van der Waals surface area contributed by atoms with E-state index < -0.39 is 5.97 Å². The third-order valence-electron chi connectivity index (χ3n) is 4.08. The molecule has 1 heterocycles. The van der Waals surface area contributed by atoms with Crippen molar-refractivity contribution in [2.75, 3.05) is 6.61 Å². The maximum atomic E-state index is 12.4. The van der Waals surface area contributed by atoms with E-state index in [-0.39, 0.29) is 0 Å². The average molecular weight is 374 g/mol. The van der Waals surface area contributed by atoms with Crippen molar-refractivity contribution in [2.24, 2.45) is 5.16 Å². The van der Waals surface area contributed by atoms with Crippen LogP contribution >= 0.6 is 0 Å². The Labute approximate surface area is 164 Å². The van der Waals surface area contributed by atoms with Crippen molar-refractivity contribution in [2.45, 2.75) is 19.8 Å². The van der Waals surface area contributed by atoms with Crippen molar-refractivity contribution in [1.82, 2.24) is 4.98 Å². The highest BCUT2D eigenvalue weighted by atomic mass is 16.7. The smallest absolute Gasteiger partial charge is 0.365 e. The van der Waals surface area contributed by atoms with Crippen LogP contribution in [0.5, 0.6) is 5.75 Å². The van der Waals surface area contributed by atoms with Crippen LogP contribution in [0.3, 0.4) is 0 Å². The first-order valence-electron chi connectivity index (χ1n) is 9.26. The number of hydrogen-bond donors (Lipinski definition) is 0. The van der Waals surface area contributed by atoms with Gasteiger partial charge in [0, 0.05) is 23.5 Å². The van der Waals surface area contributed by atoms with Crippen LogP contribution in [0.15, 0.2) is 84.3 Å². The Bertz CT molecular complexity index is 866. The van der Waals surface area contributed by atoms with E-state index in [1.807, 2.05) is 42.5 Å². The number of ether oxygens (including phenoxy) is 1. The van der Waals surface area contributed by atoms with Crippen LogP contribution < -0.4 is 4.74 Å². The number of aromatic nitrogens is 1. The molecule has 0 aliphatic carbocycles. The van der Waals surface area contributed by atoms with E-state index in [0.717, 1.165) is 29.7 Å². The molecule has 0 amide bonds. The standard InChI is InChI=1S/C23H22N2O3/c1-2-3-17-27-21-11-9-20(10-12-21)23(26)28-25-22(18-7-5-4-6-8-18)19-13-15-24-16-14-19/h4-16H,2-3,17H2,1H3. The Morgan fingerprint density at radius 1 is 0.893 bits per heavy atom. The molecule has 0 fully saturated rings. The van der Waals surface area contributed by atoms with Crippen LogP contribution in [0.25, 0.3) is 0 Å². The number of unbranched alkanes of at least 4 members (excludes halogenated alkanes) is 1. The molecule has 0 unspecified atom stereocenters. The lowest BCUT2D eigenvalue weighted by Gasteiger charge is -2.07. The number of hydrogen-bond acceptors (Lipinski definition) is 5. The molecule has 1 aromatic heterocycles. The fourth-order valence-electron chi connectivity index (χ4n) is 2.54. The van der Waals surface area contributed by atoms with Gasteiger partial charge in [0.05, 0.1) is 12.2 Å². The molecule has 5 nitrogen and oxygen atoms in total. The van der Waals surface area contributed by atoms with Crippen LogP contribution in [0, 0.1) is 0 Å². The first-order chi connectivity index (χ1) is 13.8. The molecule has 3 aromatic rings. The Kier molecular flexibility index (Phi) is 6.90. The molecule has 0 bridgehead atoms. The Morgan fingerprint density at radius 2 is 1.57 bits per heavy atom. The summed E-state index contributed by atoms with van der Waals surface area (Å²) in [6, 6.07) is 20.1. The third-order valence-corrected chi connectivity index (χ3v) is 4.08. The van der Waals surface area contributed by atoms with Gasteiger partial charge in [-0.05, 0) is 42.8 Å². The summed E-state index contributed by atoms with van der Waals surface area (Å²) in [7, 11) is 0. The normalized spacial score (nSPS) is 11.1.